The number of esters is 1. The first-order valence-corrected chi connectivity index (χ1v) is 7.31. The summed E-state index contributed by atoms with van der Waals surface area (Å²) in [4.78, 5) is 32.5. The van der Waals surface area contributed by atoms with Crippen LogP contribution in [0.25, 0.3) is 0 Å². The van der Waals surface area contributed by atoms with Gasteiger partial charge in [0.1, 0.15) is 11.7 Å². The Morgan fingerprint density at radius 2 is 2.22 bits per heavy atom. The number of hydrogen-bond donors (Lipinski definition) is 1. The molecule has 0 spiro atoms. The Hall–Kier alpha value is -2.67. The number of methoxy groups -OCH3 is 1. The van der Waals surface area contributed by atoms with Gasteiger partial charge in [-0.25, -0.2) is 9.78 Å². The molecule has 0 aliphatic carbocycles. The topological polar surface area (TPSA) is 84.5 Å². The smallest absolute Gasteiger partial charge is 0.345 e. The summed E-state index contributed by atoms with van der Waals surface area (Å²) in [6.07, 6.45) is 1.15. The van der Waals surface area contributed by atoms with E-state index in [1.807, 2.05) is 29.2 Å². The second-order valence-electron chi connectivity index (χ2n) is 5.06. The van der Waals surface area contributed by atoms with Crippen molar-refractivity contribution in [2.75, 3.05) is 25.2 Å². The van der Waals surface area contributed by atoms with Crippen LogP contribution in [0.4, 0.5) is 11.6 Å². The van der Waals surface area contributed by atoms with Crippen LogP contribution >= 0.6 is 0 Å². The van der Waals surface area contributed by atoms with Crippen molar-refractivity contribution < 1.29 is 14.3 Å². The van der Waals surface area contributed by atoms with Gasteiger partial charge in [0.2, 0.25) is 5.95 Å². The summed E-state index contributed by atoms with van der Waals surface area (Å²) in [6, 6.07) is 7.77. The fraction of sp³-hybridized carbons (Fsp3) is 0.312. The van der Waals surface area contributed by atoms with E-state index in [1.54, 1.807) is 14.0 Å². The number of carbonyl (C=O) groups is 1. The average molecular weight is 315 g/mol. The SMILES string of the molecule is CCOC(=O)c1cnc(N2CC(OC)c3ccccc32)[nH]c1=O. The van der Waals surface area contributed by atoms with E-state index < -0.39 is 11.5 Å². The average Bonchev–Trinajstić information content (AvgIpc) is 2.93. The summed E-state index contributed by atoms with van der Waals surface area (Å²) in [5.41, 5.74) is 1.33. The number of para-hydroxylation sites is 1. The van der Waals surface area contributed by atoms with Crippen molar-refractivity contribution in [1.29, 1.82) is 0 Å². The van der Waals surface area contributed by atoms with Gasteiger partial charge in [0.25, 0.3) is 5.56 Å². The number of carbonyl (C=O) groups excluding carboxylic acids is 1. The first-order chi connectivity index (χ1) is 11.2. The molecule has 3 rings (SSSR count). The van der Waals surface area contributed by atoms with E-state index in [4.69, 9.17) is 9.47 Å². The Labute approximate surface area is 132 Å². The van der Waals surface area contributed by atoms with E-state index in [9.17, 15) is 9.59 Å². The van der Waals surface area contributed by atoms with Crippen LogP contribution in [0.5, 0.6) is 0 Å². The van der Waals surface area contributed by atoms with Crippen LogP contribution in [0, 0.1) is 0 Å². The van der Waals surface area contributed by atoms with Gasteiger partial charge in [-0.1, -0.05) is 18.2 Å². The molecule has 2 aromatic rings. The van der Waals surface area contributed by atoms with Gasteiger partial charge in [-0.2, -0.15) is 0 Å². The van der Waals surface area contributed by atoms with Crippen LogP contribution < -0.4 is 10.5 Å². The minimum absolute atomic E-state index is 0.0961. The van der Waals surface area contributed by atoms with E-state index in [2.05, 4.69) is 9.97 Å². The molecule has 2 heterocycles. The molecule has 0 fully saturated rings. The predicted molar refractivity (Wildman–Crippen MR) is 84.0 cm³/mol. The van der Waals surface area contributed by atoms with Crippen molar-refractivity contribution in [3.05, 3.63) is 51.9 Å². The second kappa shape index (κ2) is 6.21. The minimum Gasteiger partial charge on any atom is -0.462 e. The van der Waals surface area contributed by atoms with Crippen LogP contribution in [0.2, 0.25) is 0 Å². The van der Waals surface area contributed by atoms with Crippen molar-refractivity contribution >= 4 is 17.6 Å². The van der Waals surface area contributed by atoms with Crippen LogP contribution in [0.3, 0.4) is 0 Å². The number of rotatable bonds is 4. The first-order valence-electron chi connectivity index (χ1n) is 7.31. The Kier molecular flexibility index (Phi) is 4.12. The number of H-pyrrole nitrogens is 1. The van der Waals surface area contributed by atoms with Gasteiger partial charge < -0.3 is 14.4 Å². The van der Waals surface area contributed by atoms with Crippen molar-refractivity contribution in [2.45, 2.75) is 13.0 Å². The number of fused-ring (bicyclic) bond motifs is 1. The third-order valence-corrected chi connectivity index (χ3v) is 3.74. The summed E-state index contributed by atoms with van der Waals surface area (Å²) < 4.78 is 10.3. The molecule has 23 heavy (non-hydrogen) atoms. The highest BCUT2D eigenvalue weighted by Gasteiger charge is 2.30. The number of aromatic amines is 1. The van der Waals surface area contributed by atoms with Crippen LogP contribution in [-0.4, -0.2) is 36.2 Å². The second-order valence-corrected chi connectivity index (χ2v) is 5.06. The highest BCUT2D eigenvalue weighted by Crippen LogP contribution is 2.39. The minimum atomic E-state index is -0.676. The zero-order valence-electron chi connectivity index (χ0n) is 12.9. The number of anilines is 2. The summed E-state index contributed by atoms with van der Waals surface area (Å²) in [5.74, 6) is -0.306. The molecular formula is C16H17N3O4. The van der Waals surface area contributed by atoms with Gasteiger partial charge in [-0.3, -0.25) is 9.78 Å². The molecule has 1 aliphatic rings. The quantitative estimate of drug-likeness (QED) is 0.866. The Balaban J connectivity index is 1.96. The number of ether oxygens (including phenoxy) is 2. The predicted octanol–water partition coefficient (Wildman–Crippen LogP) is 1.79. The Bertz CT molecular complexity index is 787. The number of aromatic nitrogens is 2. The first kappa shape index (κ1) is 15.2. The maximum absolute atomic E-state index is 12.1. The van der Waals surface area contributed by atoms with E-state index >= 15 is 0 Å². The molecule has 0 radical (unpaired) electrons. The third-order valence-electron chi connectivity index (χ3n) is 3.74. The highest BCUT2D eigenvalue weighted by atomic mass is 16.5. The standard InChI is InChI=1S/C16H17N3O4/c1-3-23-15(21)11-8-17-16(18-14(11)20)19-9-13(22-2)10-6-4-5-7-12(10)19/h4-8,13H,3,9H2,1-2H3,(H,17,18,20). The van der Waals surface area contributed by atoms with Crippen LogP contribution in [-0.2, 0) is 9.47 Å². The number of hydrogen-bond acceptors (Lipinski definition) is 6. The summed E-state index contributed by atoms with van der Waals surface area (Å²) in [7, 11) is 1.64. The summed E-state index contributed by atoms with van der Waals surface area (Å²) >= 11 is 0. The maximum Gasteiger partial charge on any atom is 0.345 e. The zero-order chi connectivity index (χ0) is 16.4. The summed E-state index contributed by atoms with van der Waals surface area (Å²) in [6.45, 7) is 2.42. The Morgan fingerprint density at radius 1 is 1.43 bits per heavy atom. The van der Waals surface area contributed by atoms with Crippen molar-refractivity contribution in [2.24, 2.45) is 0 Å². The van der Waals surface area contributed by atoms with Crippen molar-refractivity contribution in [3.63, 3.8) is 0 Å². The van der Waals surface area contributed by atoms with Gasteiger partial charge in [-0.15, -0.1) is 0 Å². The van der Waals surface area contributed by atoms with Gasteiger partial charge in [0.15, 0.2) is 0 Å². The lowest BCUT2D eigenvalue weighted by atomic mass is 10.1. The molecule has 0 saturated heterocycles. The number of nitrogens with zero attached hydrogens (tertiary/aromatic N) is 2. The number of nitrogens with one attached hydrogen (secondary N) is 1. The largest absolute Gasteiger partial charge is 0.462 e. The molecule has 7 heteroatoms. The fourth-order valence-corrected chi connectivity index (χ4v) is 2.65. The fourth-order valence-electron chi connectivity index (χ4n) is 2.65. The van der Waals surface area contributed by atoms with E-state index in [0.29, 0.717) is 12.5 Å². The van der Waals surface area contributed by atoms with Gasteiger partial charge >= 0.3 is 5.97 Å². The highest BCUT2D eigenvalue weighted by molar-refractivity contribution is 5.88. The normalized spacial score (nSPS) is 16.3. The molecule has 1 aliphatic heterocycles. The van der Waals surface area contributed by atoms with Crippen molar-refractivity contribution in [1.82, 2.24) is 9.97 Å². The van der Waals surface area contributed by atoms with Crippen LogP contribution in [0.1, 0.15) is 28.9 Å². The molecule has 0 amide bonds. The van der Waals surface area contributed by atoms with Crippen molar-refractivity contribution in [3.8, 4) is 0 Å². The monoisotopic (exact) mass is 315 g/mol. The van der Waals surface area contributed by atoms with Crippen LogP contribution in [0.15, 0.2) is 35.3 Å². The molecule has 0 bridgehead atoms. The lowest BCUT2D eigenvalue weighted by Gasteiger charge is -2.17. The van der Waals surface area contributed by atoms with E-state index in [-0.39, 0.29) is 18.3 Å². The van der Waals surface area contributed by atoms with Gasteiger partial charge in [-0.05, 0) is 13.0 Å². The maximum atomic E-state index is 12.1. The molecule has 7 nitrogen and oxygen atoms in total. The molecule has 120 valence electrons. The van der Waals surface area contributed by atoms with Gasteiger partial charge in [0.05, 0.1) is 19.3 Å². The van der Waals surface area contributed by atoms with E-state index in [1.165, 1.54) is 6.20 Å². The van der Waals surface area contributed by atoms with E-state index in [0.717, 1.165) is 11.3 Å². The molecule has 0 saturated carbocycles. The molecule has 1 unspecified atom stereocenters. The lowest BCUT2D eigenvalue weighted by molar-refractivity contribution is 0.0523. The zero-order valence-corrected chi connectivity index (χ0v) is 12.9. The molecule has 1 atom stereocenters. The Morgan fingerprint density at radius 3 is 2.91 bits per heavy atom. The molecule has 1 aromatic carbocycles. The summed E-state index contributed by atoms with van der Waals surface area (Å²) in [5, 5.41) is 0. The van der Waals surface area contributed by atoms with Gasteiger partial charge in [0, 0.05) is 18.4 Å². The molecule has 1 aromatic heterocycles. The molecular weight excluding hydrogens is 298 g/mol. The third kappa shape index (κ3) is 2.70. The lowest BCUT2D eigenvalue weighted by Crippen LogP contribution is -2.26. The molecule has 1 N–H and O–H groups in total. The number of benzene rings is 1.